The van der Waals surface area contributed by atoms with Crippen LogP contribution in [0.4, 0.5) is 0 Å². The van der Waals surface area contributed by atoms with E-state index >= 15 is 0 Å². The Morgan fingerprint density at radius 2 is 1.96 bits per heavy atom. The number of oxazole rings is 1. The highest BCUT2D eigenvalue weighted by molar-refractivity contribution is 5.79. The van der Waals surface area contributed by atoms with Crippen LogP contribution >= 0.6 is 0 Å². The third kappa shape index (κ3) is 6.07. The Balaban J connectivity index is 1.42. The lowest BCUT2D eigenvalue weighted by molar-refractivity contribution is 0.280. The number of likely N-dealkylation sites (N-methyl/N-ethyl adjacent to an activating group) is 1. The van der Waals surface area contributed by atoms with Gasteiger partial charge in [-0.3, -0.25) is 4.99 Å². The summed E-state index contributed by atoms with van der Waals surface area (Å²) in [5, 5.41) is 6.69. The fraction of sp³-hybridized carbons (Fsp3) is 0.524. The van der Waals surface area contributed by atoms with E-state index in [4.69, 9.17) is 4.42 Å². The predicted molar refractivity (Wildman–Crippen MR) is 113 cm³/mol. The first-order valence-electron chi connectivity index (χ1n) is 10.0. The van der Waals surface area contributed by atoms with E-state index in [1.165, 1.54) is 25.1 Å². The van der Waals surface area contributed by atoms with Crippen LogP contribution in [0.1, 0.15) is 17.7 Å². The van der Waals surface area contributed by atoms with E-state index in [9.17, 15) is 0 Å². The number of aryl methyl sites for hydroxylation is 1. The number of guanidine groups is 1. The Morgan fingerprint density at radius 1 is 1.14 bits per heavy atom. The highest BCUT2D eigenvalue weighted by Crippen LogP contribution is 2.18. The minimum Gasteiger partial charge on any atom is -0.444 e. The van der Waals surface area contributed by atoms with Crippen molar-refractivity contribution < 1.29 is 4.42 Å². The van der Waals surface area contributed by atoms with E-state index in [0.29, 0.717) is 12.4 Å². The predicted octanol–water partition coefficient (Wildman–Crippen LogP) is 1.95. The van der Waals surface area contributed by atoms with Gasteiger partial charge in [0, 0.05) is 38.8 Å². The van der Waals surface area contributed by atoms with E-state index in [1.807, 2.05) is 12.1 Å². The van der Waals surface area contributed by atoms with Gasteiger partial charge in [0.25, 0.3) is 0 Å². The highest BCUT2D eigenvalue weighted by Gasteiger charge is 2.12. The van der Waals surface area contributed by atoms with E-state index in [0.717, 1.165) is 43.4 Å². The second kappa shape index (κ2) is 10.2. The van der Waals surface area contributed by atoms with Crippen LogP contribution in [0.15, 0.2) is 39.9 Å². The molecule has 28 heavy (non-hydrogen) atoms. The van der Waals surface area contributed by atoms with Crippen molar-refractivity contribution in [2.75, 3.05) is 53.4 Å². The van der Waals surface area contributed by atoms with Gasteiger partial charge in [-0.2, -0.15) is 0 Å². The molecule has 2 heterocycles. The summed E-state index contributed by atoms with van der Waals surface area (Å²) < 4.78 is 5.62. The zero-order valence-corrected chi connectivity index (χ0v) is 17.2. The second-order valence-electron chi connectivity index (χ2n) is 7.36. The maximum atomic E-state index is 5.62. The molecule has 0 saturated carbocycles. The molecular weight excluding hydrogens is 352 g/mol. The molecule has 1 saturated heterocycles. The van der Waals surface area contributed by atoms with Gasteiger partial charge < -0.3 is 24.9 Å². The van der Waals surface area contributed by atoms with Crippen molar-refractivity contribution in [1.82, 2.24) is 25.4 Å². The first-order chi connectivity index (χ1) is 13.6. The summed E-state index contributed by atoms with van der Waals surface area (Å²) in [6.07, 6.45) is 2.93. The van der Waals surface area contributed by atoms with Crippen molar-refractivity contribution >= 4 is 5.96 Å². The second-order valence-corrected chi connectivity index (χ2v) is 7.36. The number of aliphatic imine (C=N–C) groups is 1. The van der Waals surface area contributed by atoms with Crippen LogP contribution < -0.4 is 10.6 Å². The Morgan fingerprint density at radius 3 is 2.75 bits per heavy atom. The summed E-state index contributed by atoms with van der Waals surface area (Å²) >= 11 is 0. The first kappa shape index (κ1) is 20.4. The molecule has 2 aromatic rings. The van der Waals surface area contributed by atoms with Crippen LogP contribution in [0, 0.1) is 6.92 Å². The largest absolute Gasteiger partial charge is 0.444 e. The summed E-state index contributed by atoms with van der Waals surface area (Å²) in [5.74, 6) is 1.43. The SMILES string of the molecule is CN=C(NCCN1CCCN(C)CC1)NCc1coc(-c2ccc(C)cc2)n1. The smallest absolute Gasteiger partial charge is 0.226 e. The van der Waals surface area contributed by atoms with Gasteiger partial charge in [0.1, 0.15) is 6.26 Å². The molecule has 1 aromatic carbocycles. The average molecular weight is 385 g/mol. The normalized spacial score (nSPS) is 16.8. The van der Waals surface area contributed by atoms with Crippen LogP contribution in [-0.4, -0.2) is 74.1 Å². The Hall–Kier alpha value is -2.38. The molecule has 1 aromatic heterocycles. The molecule has 1 fully saturated rings. The van der Waals surface area contributed by atoms with Gasteiger partial charge in [0.2, 0.25) is 5.89 Å². The third-order valence-corrected chi connectivity index (χ3v) is 5.04. The minimum atomic E-state index is 0.573. The molecule has 7 nitrogen and oxygen atoms in total. The van der Waals surface area contributed by atoms with Gasteiger partial charge in [-0.05, 0) is 45.6 Å². The molecule has 152 valence electrons. The number of rotatable bonds is 6. The van der Waals surface area contributed by atoms with Gasteiger partial charge in [-0.15, -0.1) is 0 Å². The van der Waals surface area contributed by atoms with Crippen molar-refractivity contribution in [3.8, 4) is 11.5 Å². The minimum absolute atomic E-state index is 0.573. The zero-order valence-electron chi connectivity index (χ0n) is 17.2. The molecule has 7 heteroatoms. The van der Waals surface area contributed by atoms with Crippen molar-refractivity contribution in [2.24, 2.45) is 4.99 Å². The van der Waals surface area contributed by atoms with Crippen molar-refractivity contribution in [3.05, 3.63) is 41.8 Å². The molecule has 0 aliphatic carbocycles. The molecule has 0 radical (unpaired) electrons. The van der Waals surface area contributed by atoms with Gasteiger partial charge in [-0.25, -0.2) is 4.98 Å². The van der Waals surface area contributed by atoms with Crippen molar-refractivity contribution in [2.45, 2.75) is 19.9 Å². The molecular formula is C21H32N6O. The summed E-state index contributed by atoms with van der Waals surface area (Å²) in [6, 6.07) is 8.18. The molecule has 1 aliphatic rings. The van der Waals surface area contributed by atoms with Crippen molar-refractivity contribution in [3.63, 3.8) is 0 Å². The Kier molecular flexibility index (Phi) is 7.45. The molecule has 0 amide bonds. The van der Waals surface area contributed by atoms with Crippen LogP contribution in [0.3, 0.4) is 0 Å². The lowest BCUT2D eigenvalue weighted by Gasteiger charge is -2.20. The molecule has 0 bridgehead atoms. The fourth-order valence-electron chi connectivity index (χ4n) is 3.27. The maximum absolute atomic E-state index is 5.62. The molecule has 0 unspecified atom stereocenters. The molecule has 1 aliphatic heterocycles. The standard InChI is InChI=1S/C21H32N6O/c1-17-5-7-18(8-6-17)20-25-19(16-28-20)15-24-21(22-2)23-9-12-27-11-4-10-26(3)13-14-27/h5-8,16H,4,9-15H2,1-3H3,(H2,22,23,24). The molecule has 0 spiro atoms. The lowest BCUT2D eigenvalue weighted by Crippen LogP contribution is -2.42. The van der Waals surface area contributed by atoms with Crippen LogP contribution in [0.2, 0.25) is 0 Å². The van der Waals surface area contributed by atoms with Crippen LogP contribution in [0.5, 0.6) is 0 Å². The van der Waals surface area contributed by atoms with Gasteiger partial charge in [0.05, 0.1) is 12.2 Å². The quantitative estimate of drug-likeness (QED) is 0.586. The van der Waals surface area contributed by atoms with E-state index in [-0.39, 0.29) is 0 Å². The molecule has 3 rings (SSSR count). The average Bonchev–Trinajstić information content (AvgIpc) is 3.08. The molecule has 2 N–H and O–H groups in total. The van der Waals surface area contributed by atoms with E-state index < -0.39 is 0 Å². The topological polar surface area (TPSA) is 68.9 Å². The summed E-state index contributed by atoms with van der Waals surface area (Å²) in [7, 11) is 3.98. The maximum Gasteiger partial charge on any atom is 0.226 e. The number of aromatic nitrogens is 1. The number of nitrogens with zero attached hydrogens (tertiary/aromatic N) is 4. The van der Waals surface area contributed by atoms with Gasteiger partial charge in [-0.1, -0.05) is 17.7 Å². The number of nitrogens with one attached hydrogen (secondary N) is 2. The molecule has 0 atom stereocenters. The number of hydrogen-bond acceptors (Lipinski definition) is 5. The summed E-state index contributed by atoms with van der Waals surface area (Å²) in [5.41, 5.74) is 3.07. The lowest BCUT2D eigenvalue weighted by atomic mass is 10.1. The highest BCUT2D eigenvalue weighted by atomic mass is 16.3. The summed E-state index contributed by atoms with van der Waals surface area (Å²) in [6.45, 7) is 9.16. The Bertz CT molecular complexity index is 755. The zero-order chi connectivity index (χ0) is 19.8. The third-order valence-electron chi connectivity index (χ3n) is 5.04. The van der Waals surface area contributed by atoms with Gasteiger partial charge in [0.15, 0.2) is 5.96 Å². The van der Waals surface area contributed by atoms with E-state index in [2.05, 4.69) is 56.5 Å². The first-order valence-corrected chi connectivity index (χ1v) is 10.0. The van der Waals surface area contributed by atoms with Crippen LogP contribution in [0.25, 0.3) is 11.5 Å². The monoisotopic (exact) mass is 384 g/mol. The number of benzene rings is 1. The number of hydrogen-bond donors (Lipinski definition) is 2. The van der Waals surface area contributed by atoms with E-state index in [1.54, 1.807) is 13.3 Å². The fourth-order valence-corrected chi connectivity index (χ4v) is 3.27. The van der Waals surface area contributed by atoms with Crippen molar-refractivity contribution in [1.29, 1.82) is 0 Å². The van der Waals surface area contributed by atoms with Crippen LogP contribution in [-0.2, 0) is 6.54 Å². The van der Waals surface area contributed by atoms with Gasteiger partial charge >= 0.3 is 0 Å². The summed E-state index contributed by atoms with van der Waals surface area (Å²) in [4.78, 5) is 13.8. The Labute approximate surface area is 167 Å².